The van der Waals surface area contributed by atoms with Crippen LogP contribution < -0.4 is 10.6 Å². The summed E-state index contributed by atoms with van der Waals surface area (Å²) in [4.78, 5) is 15.9. The van der Waals surface area contributed by atoms with Crippen LogP contribution in [0.5, 0.6) is 0 Å². The molecular weight excluding hydrogens is 286 g/mol. The Kier molecular flexibility index (Phi) is 5.24. The van der Waals surface area contributed by atoms with E-state index in [-0.39, 0.29) is 18.0 Å². The zero-order chi connectivity index (χ0) is 14.5. The Morgan fingerprint density at radius 1 is 1.52 bits per heavy atom. The number of morpholine rings is 1. The van der Waals surface area contributed by atoms with E-state index in [2.05, 4.69) is 33.0 Å². The number of nitrogens with zero attached hydrogens (tertiary/aromatic N) is 1. The zero-order valence-corrected chi connectivity index (χ0v) is 13.0. The lowest BCUT2D eigenvalue weighted by molar-refractivity contribution is -0.123. The number of carbonyl (C=O) groups is 1. The molecule has 116 valence electrons. The Morgan fingerprint density at radius 2 is 2.38 bits per heavy atom. The van der Waals surface area contributed by atoms with Crippen molar-refractivity contribution in [1.29, 1.82) is 0 Å². The van der Waals surface area contributed by atoms with Crippen LogP contribution in [-0.4, -0.2) is 56.2 Å². The van der Waals surface area contributed by atoms with Gasteiger partial charge in [-0.05, 0) is 30.8 Å². The van der Waals surface area contributed by atoms with Crippen LogP contribution in [0.3, 0.4) is 0 Å². The highest BCUT2D eigenvalue weighted by molar-refractivity contribution is 7.10. The second kappa shape index (κ2) is 7.35. The van der Waals surface area contributed by atoms with Crippen molar-refractivity contribution in [2.75, 3.05) is 39.4 Å². The number of nitrogens with one attached hydrogen (secondary N) is 2. The molecule has 0 radical (unpaired) electrons. The van der Waals surface area contributed by atoms with Crippen LogP contribution in [0.1, 0.15) is 23.8 Å². The number of carbonyl (C=O) groups excluding carboxylic acids is 1. The van der Waals surface area contributed by atoms with E-state index in [4.69, 9.17) is 4.74 Å². The second-order valence-electron chi connectivity index (χ2n) is 5.57. The number of hydrogen-bond acceptors (Lipinski definition) is 5. The second-order valence-corrected chi connectivity index (χ2v) is 6.55. The minimum atomic E-state index is -0.00123. The van der Waals surface area contributed by atoms with E-state index >= 15 is 0 Å². The van der Waals surface area contributed by atoms with Crippen molar-refractivity contribution in [1.82, 2.24) is 15.5 Å². The predicted octanol–water partition coefficient (Wildman–Crippen LogP) is 0.990. The Balaban J connectivity index is 1.60. The van der Waals surface area contributed by atoms with Crippen molar-refractivity contribution in [3.05, 3.63) is 22.4 Å². The summed E-state index contributed by atoms with van der Waals surface area (Å²) in [5.41, 5.74) is 0. The monoisotopic (exact) mass is 309 g/mol. The summed E-state index contributed by atoms with van der Waals surface area (Å²) in [7, 11) is 0. The third kappa shape index (κ3) is 3.83. The van der Waals surface area contributed by atoms with Gasteiger partial charge in [-0.3, -0.25) is 9.69 Å². The molecule has 2 aliphatic heterocycles. The fourth-order valence-corrected chi connectivity index (χ4v) is 3.87. The molecule has 2 fully saturated rings. The summed E-state index contributed by atoms with van der Waals surface area (Å²) in [6.07, 6.45) is 2.04. The van der Waals surface area contributed by atoms with Crippen LogP contribution in [0, 0.1) is 0 Å². The van der Waals surface area contributed by atoms with E-state index in [0.29, 0.717) is 6.54 Å². The Morgan fingerprint density at radius 3 is 3.05 bits per heavy atom. The average Bonchev–Trinajstić information content (AvgIpc) is 3.22. The molecule has 3 heterocycles. The van der Waals surface area contributed by atoms with Gasteiger partial charge < -0.3 is 15.4 Å². The standard InChI is InChI=1S/C15H23N3O2S/c19-15(12-3-1-5-16-12)17-11-13(14-4-2-10-21-14)18-6-8-20-9-7-18/h2,4,10,12-13,16H,1,3,5-9,11H2,(H,17,19)/t12-,13?/m0/s1. The van der Waals surface area contributed by atoms with Gasteiger partial charge in [0.1, 0.15) is 0 Å². The third-order valence-electron chi connectivity index (χ3n) is 4.20. The van der Waals surface area contributed by atoms with Gasteiger partial charge in [0.05, 0.1) is 25.3 Å². The molecule has 0 bridgehead atoms. The van der Waals surface area contributed by atoms with Crippen molar-refractivity contribution < 1.29 is 9.53 Å². The first-order valence-corrected chi connectivity index (χ1v) is 8.59. The van der Waals surface area contributed by atoms with Crippen molar-refractivity contribution in [2.45, 2.75) is 24.9 Å². The molecule has 3 rings (SSSR count). The predicted molar refractivity (Wildman–Crippen MR) is 83.5 cm³/mol. The maximum absolute atomic E-state index is 12.2. The summed E-state index contributed by atoms with van der Waals surface area (Å²) in [5, 5.41) is 8.48. The maximum atomic E-state index is 12.2. The van der Waals surface area contributed by atoms with Crippen molar-refractivity contribution in [3.8, 4) is 0 Å². The molecule has 2 atom stereocenters. The molecule has 1 aromatic heterocycles. The fraction of sp³-hybridized carbons (Fsp3) is 0.667. The Hall–Kier alpha value is -0.950. The number of amides is 1. The number of rotatable bonds is 5. The smallest absolute Gasteiger partial charge is 0.237 e. The van der Waals surface area contributed by atoms with Crippen molar-refractivity contribution >= 4 is 17.2 Å². The minimum absolute atomic E-state index is 0.00123. The van der Waals surface area contributed by atoms with Gasteiger partial charge >= 0.3 is 0 Å². The highest BCUT2D eigenvalue weighted by Crippen LogP contribution is 2.25. The van der Waals surface area contributed by atoms with Gasteiger partial charge in [-0.25, -0.2) is 0 Å². The molecule has 0 spiro atoms. The van der Waals surface area contributed by atoms with Gasteiger partial charge in [-0.2, -0.15) is 0 Å². The van der Waals surface area contributed by atoms with E-state index < -0.39 is 0 Å². The number of hydrogen-bond donors (Lipinski definition) is 2. The third-order valence-corrected chi connectivity index (χ3v) is 5.18. The molecule has 1 aromatic rings. The average molecular weight is 309 g/mol. The summed E-state index contributed by atoms with van der Waals surface area (Å²) in [5.74, 6) is 0.141. The molecule has 2 aliphatic rings. The van der Waals surface area contributed by atoms with Crippen LogP contribution in [0.2, 0.25) is 0 Å². The first-order valence-electron chi connectivity index (χ1n) is 7.71. The van der Waals surface area contributed by atoms with Gasteiger partial charge in [0.15, 0.2) is 0 Å². The first-order chi connectivity index (χ1) is 10.3. The lowest BCUT2D eigenvalue weighted by Gasteiger charge is -2.34. The summed E-state index contributed by atoms with van der Waals surface area (Å²) in [6.45, 7) is 5.05. The largest absolute Gasteiger partial charge is 0.379 e. The highest BCUT2D eigenvalue weighted by Gasteiger charge is 2.26. The fourth-order valence-electron chi connectivity index (χ4n) is 3.01. The van der Waals surface area contributed by atoms with Crippen LogP contribution in [0.4, 0.5) is 0 Å². The Bertz CT molecular complexity index is 440. The minimum Gasteiger partial charge on any atom is -0.379 e. The maximum Gasteiger partial charge on any atom is 0.237 e. The molecule has 2 N–H and O–H groups in total. The molecule has 1 amide bonds. The van der Waals surface area contributed by atoms with Crippen molar-refractivity contribution in [3.63, 3.8) is 0 Å². The first kappa shape index (κ1) is 15.0. The molecule has 0 aliphatic carbocycles. The molecule has 2 saturated heterocycles. The van der Waals surface area contributed by atoms with E-state index in [9.17, 15) is 4.79 Å². The molecule has 0 saturated carbocycles. The van der Waals surface area contributed by atoms with Crippen molar-refractivity contribution in [2.24, 2.45) is 0 Å². The van der Waals surface area contributed by atoms with Crippen LogP contribution in [0.15, 0.2) is 17.5 Å². The highest BCUT2D eigenvalue weighted by atomic mass is 32.1. The molecule has 21 heavy (non-hydrogen) atoms. The molecular formula is C15H23N3O2S. The molecule has 0 aromatic carbocycles. The SMILES string of the molecule is O=C(NCC(c1cccs1)N1CCOCC1)[C@@H]1CCCN1. The zero-order valence-electron chi connectivity index (χ0n) is 12.2. The summed E-state index contributed by atoms with van der Waals surface area (Å²) < 4.78 is 5.44. The molecule has 6 heteroatoms. The van der Waals surface area contributed by atoms with Crippen LogP contribution in [0.25, 0.3) is 0 Å². The summed E-state index contributed by atoms with van der Waals surface area (Å²) in [6, 6.07) is 4.50. The van der Waals surface area contributed by atoms with Crippen LogP contribution in [-0.2, 0) is 9.53 Å². The van der Waals surface area contributed by atoms with Crippen LogP contribution >= 0.6 is 11.3 Å². The van der Waals surface area contributed by atoms with Gasteiger partial charge in [0, 0.05) is 24.5 Å². The van der Waals surface area contributed by atoms with E-state index in [0.717, 1.165) is 45.7 Å². The van der Waals surface area contributed by atoms with Gasteiger partial charge in [0.25, 0.3) is 0 Å². The van der Waals surface area contributed by atoms with Gasteiger partial charge in [-0.1, -0.05) is 6.07 Å². The van der Waals surface area contributed by atoms with E-state index in [1.54, 1.807) is 11.3 Å². The van der Waals surface area contributed by atoms with Gasteiger partial charge in [0.2, 0.25) is 5.91 Å². The molecule has 1 unspecified atom stereocenters. The number of ether oxygens (including phenoxy) is 1. The quantitative estimate of drug-likeness (QED) is 0.852. The summed E-state index contributed by atoms with van der Waals surface area (Å²) >= 11 is 1.76. The Labute approximate surface area is 129 Å². The van der Waals surface area contributed by atoms with E-state index in [1.165, 1.54) is 4.88 Å². The van der Waals surface area contributed by atoms with E-state index in [1.807, 2.05) is 0 Å². The topological polar surface area (TPSA) is 53.6 Å². The number of thiophene rings is 1. The normalized spacial score (nSPS) is 24.9. The lowest BCUT2D eigenvalue weighted by atomic mass is 10.1. The van der Waals surface area contributed by atoms with Gasteiger partial charge in [-0.15, -0.1) is 11.3 Å². The molecule has 5 nitrogen and oxygen atoms in total. The lowest BCUT2D eigenvalue weighted by Crippen LogP contribution is -2.46.